The van der Waals surface area contributed by atoms with Gasteiger partial charge in [0.05, 0.1) is 24.6 Å². The zero-order valence-corrected chi connectivity index (χ0v) is 23.4. The van der Waals surface area contributed by atoms with E-state index < -0.39 is 28.0 Å². The topological polar surface area (TPSA) is 99.7 Å². The van der Waals surface area contributed by atoms with Crippen molar-refractivity contribution in [2.75, 3.05) is 35.7 Å². The number of carbonyl (C=O) groups is 1. The second-order valence-electron chi connectivity index (χ2n) is 10.3. The average Bonchev–Trinajstić information content (AvgIpc) is 3.57. The van der Waals surface area contributed by atoms with Gasteiger partial charge in [-0.25, -0.2) is 8.42 Å². The van der Waals surface area contributed by atoms with Crippen molar-refractivity contribution in [1.29, 1.82) is 0 Å². The minimum Gasteiger partial charge on any atom is -0.458 e. The quantitative estimate of drug-likeness (QED) is 0.245. The van der Waals surface area contributed by atoms with E-state index in [4.69, 9.17) is 9.47 Å². The van der Waals surface area contributed by atoms with E-state index in [9.17, 15) is 18.3 Å². The van der Waals surface area contributed by atoms with Gasteiger partial charge in [-0.1, -0.05) is 42.3 Å². The number of sulfonamides is 1. The fraction of sp³-hybridized carbons (Fsp3) is 0.433. The van der Waals surface area contributed by atoms with E-state index in [-0.39, 0.29) is 24.9 Å². The van der Waals surface area contributed by atoms with Gasteiger partial charge in [0.2, 0.25) is 10.0 Å². The molecular weight excluding hydrogens is 516 g/mol. The van der Waals surface area contributed by atoms with Crippen LogP contribution in [0, 0.1) is 18.8 Å². The minimum atomic E-state index is -3.44. The molecule has 2 aromatic carbocycles. The number of nitrogens with zero attached hydrogens (tertiary/aromatic N) is 2. The summed E-state index contributed by atoms with van der Waals surface area (Å²) in [7, 11) is -1.47. The summed E-state index contributed by atoms with van der Waals surface area (Å²) in [5.74, 6) is 4.96. The molecule has 5 rings (SSSR count). The molecule has 1 fully saturated rings. The normalized spacial score (nSPS) is 24.1. The number of esters is 1. The van der Waals surface area contributed by atoms with Gasteiger partial charge in [0.25, 0.3) is 0 Å². The summed E-state index contributed by atoms with van der Waals surface area (Å²) in [6.07, 6.45) is 5.45. The van der Waals surface area contributed by atoms with Crippen LogP contribution in [0.3, 0.4) is 0 Å². The van der Waals surface area contributed by atoms with E-state index in [2.05, 4.69) is 16.7 Å². The van der Waals surface area contributed by atoms with Crippen LogP contribution in [0.15, 0.2) is 48.6 Å². The molecule has 0 spiro atoms. The lowest BCUT2D eigenvalue weighted by Crippen LogP contribution is -2.40. The van der Waals surface area contributed by atoms with Gasteiger partial charge in [0.15, 0.2) is 0 Å². The maximum absolute atomic E-state index is 13.1. The summed E-state index contributed by atoms with van der Waals surface area (Å²) in [5.41, 5.74) is 5.03. The molecule has 1 N–H and O–H groups in total. The molecule has 1 unspecified atom stereocenters. The van der Waals surface area contributed by atoms with Crippen molar-refractivity contribution in [3.8, 4) is 11.8 Å². The molecule has 39 heavy (non-hydrogen) atoms. The van der Waals surface area contributed by atoms with Crippen LogP contribution in [0.2, 0.25) is 0 Å². The predicted octanol–water partition coefficient (Wildman–Crippen LogP) is 2.91. The monoisotopic (exact) mass is 550 g/mol. The van der Waals surface area contributed by atoms with Crippen LogP contribution in [0.4, 0.5) is 11.4 Å². The first-order valence-electron chi connectivity index (χ1n) is 13.1. The van der Waals surface area contributed by atoms with Crippen molar-refractivity contribution >= 4 is 27.4 Å². The Hall–Kier alpha value is -3.32. The summed E-state index contributed by atoms with van der Waals surface area (Å²) < 4.78 is 38.4. The number of aliphatic hydroxyl groups excluding tert-OH is 1. The molecule has 2 heterocycles. The van der Waals surface area contributed by atoms with Crippen LogP contribution >= 0.6 is 0 Å². The molecule has 0 amide bonds. The fourth-order valence-electron chi connectivity index (χ4n) is 5.78. The second-order valence-corrected chi connectivity index (χ2v) is 12.2. The molecule has 0 radical (unpaired) electrons. The molecule has 1 aliphatic carbocycles. The second kappa shape index (κ2) is 10.7. The largest absolute Gasteiger partial charge is 0.458 e. The Balaban J connectivity index is 1.44. The number of fused-ring (bicyclic) bond motifs is 2. The number of hydrogen-bond acceptors (Lipinski definition) is 7. The lowest BCUT2D eigenvalue weighted by molar-refractivity contribution is -0.150. The Morgan fingerprint density at radius 1 is 1.28 bits per heavy atom. The first-order valence-corrected chi connectivity index (χ1v) is 15.0. The maximum atomic E-state index is 13.1. The van der Waals surface area contributed by atoms with Gasteiger partial charge in [-0.3, -0.25) is 9.10 Å². The third kappa shape index (κ3) is 5.29. The zero-order valence-electron chi connectivity index (χ0n) is 22.6. The van der Waals surface area contributed by atoms with Crippen LogP contribution in [0.25, 0.3) is 0 Å². The van der Waals surface area contributed by atoms with Crippen molar-refractivity contribution in [3.63, 3.8) is 0 Å². The fourth-order valence-corrected chi connectivity index (χ4v) is 6.73. The summed E-state index contributed by atoms with van der Waals surface area (Å²) >= 11 is 0. The van der Waals surface area contributed by atoms with Gasteiger partial charge >= 0.3 is 5.97 Å². The van der Waals surface area contributed by atoms with E-state index >= 15 is 0 Å². The Bertz CT molecular complexity index is 1460. The molecule has 9 heteroatoms. The molecule has 8 nitrogen and oxygen atoms in total. The van der Waals surface area contributed by atoms with Gasteiger partial charge < -0.3 is 19.5 Å². The van der Waals surface area contributed by atoms with Crippen LogP contribution < -0.4 is 9.21 Å². The van der Waals surface area contributed by atoms with Crippen molar-refractivity contribution in [2.24, 2.45) is 0 Å². The number of hydrogen-bond donors (Lipinski definition) is 1. The lowest BCUT2D eigenvalue weighted by atomic mass is 9.96. The molecule has 0 bridgehead atoms. The van der Waals surface area contributed by atoms with Crippen LogP contribution in [0.5, 0.6) is 0 Å². The van der Waals surface area contributed by atoms with Gasteiger partial charge in [-0.05, 0) is 49.1 Å². The number of ether oxygens (including phenoxy) is 2. The van der Waals surface area contributed by atoms with Crippen LogP contribution in [0.1, 0.15) is 41.5 Å². The molecule has 0 aromatic heterocycles. The molecule has 0 saturated carbocycles. The van der Waals surface area contributed by atoms with Gasteiger partial charge in [0.1, 0.15) is 24.2 Å². The molecule has 2 aliphatic heterocycles. The molecule has 2 aromatic rings. The molecule has 5 atom stereocenters. The Morgan fingerprint density at radius 3 is 2.69 bits per heavy atom. The smallest absolute Gasteiger partial charge is 0.316 e. The average molecular weight is 551 g/mol. The van der Waals surface area contributed by atoms with Gasteiger partial charge in [-0.2, -0.15) is 0 Å². The van der Waals surface area contributed by atoms with Crippen LogP contribution in [-0.2, 0) is 30.7 Å². The first kappa shape index (κ1) is 27.3. The summed E-state index contributed by atoms with van der Waals surface area (Å²) in [6.45, 7) is 3.84. The highest BCUT2D eigenvalue weighted by molar-refractivity contribution is 7.92. The van der Waals surface area contributed by atoms with E-state index in [0.717, 1.165) is 22.4 Å². The number of epoxide rings is 1. The lowest BCUT2D eigenvalue weighted by Gasteiger charge is -2.33. The number of carbonyl (C=O) groups excluding carboxylic acids is 1. The van der Waals surface area contributed by atoms with E-state index in [1.807, 2.05) is 50.4 Å². The molecular formula is C30H34N2O6S. The van der Waals surface area contributed by atoms with Crippen LogP contribution in [-0.4, -0.2) is 70.3 Å². The summed E-state index contributed by atoms with van der Waals surface area (Å²) in [4.78, 5) is 15.2. The first-order chi connectivity index (χ1) is 18.6. The molecule has 1 saturated heterocycles. The Kier molecular flexibility index (Phi) is 7.47. The third-order valence-corrected chi connectivity index (χ3v) is 9.05. The van der Waals surface area contributed by atoms with E-state index in [1.54, 1.807) is 19.1 Å². The van der Waals surface area contributed by atoms with E-state index in [0.29, 0.717) is 30.6 Å². The minimum absolute atomic E-state index is 0.0823. The predicted molar refractivity (Wildman–Crippen MR) is 150 cm³/mol. The Morgan fingerprint density at radius 2 is 2.03 bits per heavy atom. The highest BCUT2D eigenvalue weighted by Gasteiger charge is 2.48. The van der Waals surface area contributed by atoms with Crippen molar-refractivity contribution in [2.45, 2.75) is 57.0 Å². The Labute approximate surface area is 230 Å². The molecule has 3 aliphatic rings. The number of benzene rings is 2. The van der Waals surface area contributed by atoms with E-state index in [1.165, 1.54) is 10.6 Å². The summed E-state index contributed by atoms with van der Waals surface area (Å²) in [6, 6.07) is 10.9. The maximum Gasteiger partial charge on any atom is 0.316 e. The SMILES string of the molecule is CC#Cc1c(C)c(N(C)[C@@H]2C[C@@H](OC(=O)C(CO)c3ccccc3)C=C[C@@H]3O[C@@H]32)cc2c1CCN2S(C)(=O)=O. The zero-order chi connectivity index (χ0) is 27.9. The number of likely N-dealkylation sites (N-methyl/N-ethyl adjacent to an activating group) is 1. The number of aliphatic hydroxyl groups is 1. The highest BCUT2D eigenvalue weighted by Crippen LogP contribution is 2.42. The van der Waals surface area contributed by atoms with Gasteiger partial charge in [-0.15, -0.1) is 5.92 Å². The van der Waals surface area contributed by atoms with Crippen molar-refractivity contribution in [1.82, 2.24) is 0 Å². The summed E-state index contributed by atoms with van der Waals surface area (Å²) in [5, 5.41) is 9.92. The third-order valence-electron chi connectivity index (χ3n) is 7.87. The van der Waals surface area contributed by atoms with Gasteiger partial charge in [0, 0.05) is 31.3 Å². The number of anilines is 2. The highest BCUT2D eigenvalue weighted by atomic mass is 32.2. The standard InChI is InChI=1S/C30H34N2O6S/c1-5-9-22-19(2)25(17-26-23(22)14-15-32(26)39(4,35)36)31(3)27-16-21(12-13-28-29(27)38-28)37-30(34)24(18-33)20-10-7-6-8-11-20/h6-8,10-13,17,21,24,27-29,33H,14-16,18H2,1-4H3/t21-,24?,27+,28-,29+/m0/s1. The van der Waals surface area contributed by atoms with Crippen molar-refractivity contribution in [3.05, 3.63) is 70.8 Å². The van der Waals surface area contributed by atoms with Crippen molar-refractivity contribution < 1.29 is 27.8 Å². The number of rotatable bonds is 7. The molecule has 206 valence electrons.